The second-order valence-corrected chi connectivity index (χ2v) is 3.90. The summed E-state index contributed by atoms with van der Waals surface area (Å²) < 4.78 is 0. The summed E-state index contributed by atoms with van der Waals surface area (Å²) in [5, 5.41) is 15.2. The second kappa shape index (κ2) is 13.5. The zero-order valence-corrected chi connectivity index (χ0v) is 12.1. The minimum atomic E-state index is -0.125. The van der Waals surface area contributed by atoms with Crippen LogP contribution >= 0.6 is 0 Å². The predicted octanol–water partition coefficient (Wildman–Crippen LogP) is 3.55. The van der Waals surface area contributed by atoms with Crippen LogP contribution in [-0.4, -0.2) is 23.4 Å². The summed E-state index contributed by atoms with van der Waals surface area (Å²) in [6.45, 7) is 5.54. The molecule has 0 heterocycles. The van der Waals surface area contributed by atoms with E-state index < -0.39 is 0 Å². The molecule has 20 heavy (non-hydrogen) atoms. The molecule has 0 radical (unpaired) electrons. The molecule has 0 bridgehead atoms. The van der Waals surface area contributed by atoms with Gasteiger partial charge < -0.3 is 10.2 Å². The topological polar surface area (TPSA) is 40.5 Å². The molecule has 2 aromatic rings. The summed E-state index contributed by atoms with van der Waals surface area (Å²) in [7, 11) is 0. The third-order valence-electron chi connectivity index (χ3n) is 2.39. The molecule has 0 amide bonds. The van der Waals surface area contributed by atoms with Gasteiger partial charge in [0, 0.05) is 0 Å². The highest BCUT2D eigenvalue weighted by atomic mass is 16.3. The van der Waals surface area contributed by atoms with Gasteiger partial charge in [0.25, 0.3) is 0 Å². The maximum absolute atomic E-state index is 7.62. The number of rotatable bonds is 3. The van der Waals surface area contributed by atoms with E-state index in [1.807, 2.05) is 42.5 Å². The molecule has 0 aromatic heterocycles. The van der Waals surface area contributed by atoms with Gasteiger partial charge in [-0.3, -0.25) is 0 Å². The molecule has 2 heteroatoms. The molecule has 0 aliphatic heterocycles. The summed E-state index contributed by atoms with van der Waals surface area (Å²) in [5.41, 5.74) is 2.58. The Bertz CT molecular complexity index is 422. The lowest BCUT2D eigenvalue weighted by molar-refractivity contribution is 0.186. The molecule has 0 unspecified atom stereocenters. The average molecular weight is 272 g/mol. The predicted molar refractivity (Wildman–Crippen MR) is 86.5 cm³/mol. The summed E-state index contributed by atoms with van der Waals surface area (Å²) in [4.78, 5) is 0. The Morgan fingerprint density at radius 1 is 0.850 bits per heavy atom. The van der Waals surface area contributed by atoms with E-state index in [1.165, 1.54) is 11.1 Å². The quantitative estimate of drug-likeness (QED) is 0.897. The fraction of sp³-hybridized carbons (Fsp3) is 0.222. The largest absolute Gasteiger partial charge is 0.394 e. The number of benzene rings is 2. The third kappa shape index (κ3) is 10.1. The molecular weight excluding hydrogens is 248 g/mol. The molecule has 2 rings (SSSR count). The Morgan fingerprint density at radius 3 is 1.55 bits per heavy atom. The van der Waals surface area contributed by atoms with Crippen LogP contribution in [0.25, 0.3) is 6.08 Å². The van der Waals surface area contributed by atoms with Crippen molar-refractivity contribution in [2.24, 2.45) is 0 Å². The summed E-state index contributed by atoms with van der Waals surface area (Å²) >= 11 is 0. The molecule has 0 saturated heterocycles. The first kappa shape index (κ1) is 18.1. The molecule has 108 valence electrons. The maximum Gasteiger partial charge on any atom is 0.0662 e. The number of aliphatic hydroxyl groups excluding tert-OH is 2. The first-order chi connectivity index (χ1) is 9.78. The Hall–Kier alpha value is -1.90. The van der Waals surface area contributed by atoms with Gasteiger partial charge in [0.15, 0.2) is 0 Å². The highest BCUT2D eigenvalue weighted by Crippen LogP contribution is 1.97. The first-order valence-corrected chi connectivity index (χ1v) is 6.71. The number of aliphatic hydroxyl groups is 2. The van der Waals surface area contributed by atoms with Gasteiger partial charge in [-0.25, -0.2) is 0 Å². The highest BCUT2D eigenvalue weighted by Gasteiger charge is 1.80. The maximum atomic E-state index is 7.62. The van der Waals surface area contributed by atoms with Gasteiger partial charge in [-0.1, -0.05) is 80.2 Å². The highest BCUT2D eigenvalue weighted by molar-refractivity contribution is 5.45. The van der Waals surface area contributed by atoms with E-state index >= 15 is 0 Å². The van der Waals surface area contributed by atoms with Crippen molar-refractivity contribution in [2.45, 2.75) is 13.3 Å². The van der Waals surface area contributed by atoms with Crippen molar-refractivity contribution >= 4 is 6.08 Å². The summed E-state index contributed by atoms with van der Waals surface area (Å²) in [6.07, 6.45) is 2.97. The Labute approximate surface area is 122 Å². The van der Waals surface area contributed by atoms with Gasteiger partial charge in [0.2, 0.25) is 0 Å². The van der Waals surface area contributed by atoms with Crippen LogP contribution in [0.1, 0.15) is 18.1 Å². The lowest BCUT2D eigenvalue weighted by Gasteiger charge is -1.89. The van der Waals surface area contributed by atoms with E-state index in [1.54, 1.807) is 0 Å². The molecule has 2 nitrogen and oxygen atoms in total. The van der Waals surface area contributed by atoms with Gasteiger partial charge in [-0.2, -0.15) is 0 Å². The smallest absolute Gasteiger partial charge is 0.0662 e. The van der Waals surface area contributed by atoms with Crippen LogP contribution in [-0.2, 0) is 6.42 Å². The van der Waals surface area contributed by atoms with Gasteiger partial charge in [-0.05, 0) is 17.5 Å². The summed E-state index contributed by atoms with van der Waals surface area (Å²) in [5.74, 6) is 0. The van der Waals surface area contributed by atoms with Crippen LogP contribution in [0.2, 0.25) is 0 Å². The molecule has 0 spiro atoms. The zero-order chi connectivity index (χ0) is 15.1. The molecule has 0 saturated carbocycles. The molecule has 0 fully saturated rings. The van der Waals surface area contributed by atoms with E-state index in [0.717, 1.165) is 6.42 Å². The van der Waals surface area contributed by atoms with Crippen molar-refractivity contribution in [1.82, 2.24) is 0 Å². The van der Waals surface area contributed by atoms with E-state index in [2.05, 4.69) is 37.8 Å². The van der Waals surface area contributed by atoms with Crippen molar-refractivity contribution in [2.75, 3.05) is 13.2 Å². The van der Waals surface area contributed by atoms with Crippen molar-refractivity contribution in [3.8, 4) is 0 Å². The SMILES string of the molecule is C=Cc1ccccc1.CCc1ccccc1.OCCO. The standard InChI is InChI=1S/C8H10.C8H8.C2H6O2/c2*1-2-8-6-4-3-5-7-8;3-1-2-4/h3-7H,2H2,1H3;2-7H,1H2;3-4H,1-2H2. The molecular formula is C18H24O2. The van der Waals surface area contributed by atoms with Gasteiger partial charge in [0.05, 0.1) is 13.2 Å². The molecule has 0 aliphatic rings. The third-order valence-corrected chi connectivity index (χ3v) is 2.39. The Balaban J connectivity index is 0.000000289. The summed E-state index contributed by atoms with van der Waals surface area (Å²) in [6, 6.07) is 20.5. The van der Waals surface area contributed by atoms with Crippen LogP contribution in [0.15, 0.2) is 67.2 Å². The monoisotopic (exact) mass is 272 g/mol. The van der Waals surface area contributed by atoms with E-state index in [-0.39, 0.29) is 13.2 Å². The minimum Gasteiger partial charge on any atom is -0.394 e. The fourth-order valence-corrected chi connectivity index (χ4v) is 1.30. The van der Waals surface area contributed by atoms with Crippen LogP contribution in [0.4, 0.5) is 0 Å². The number of hydrogen-bond donors (Lipinski definition) is 2. The Morgan fingerprint density at radius 2 is 1.30 bits per heavy atom. The molecule has 0 aliphatic carbocycles. The lowest BCUT2D eigenvalue weighted by atomic mass is 10.2. The van der Waals surface area contributed by atoms with Crippen molar-refractivity contribution in [3.63, 3.8) is 0 Å². The zero-order valence-electron chi connectivity index (χ0n) is 12.1. The number of hydrogen-bond acceptors (Lipinski definition) is 2. The van der Waals surface area contributed by atoms with E-state index in [0.29, 0.717) is 0 Å². The molecule has 0 atom stereocenters. The lowest BCUT2D eigenvalue weighted by Crippen LogP contribution is -1.85. The van der Waals surface area contributed by atoms with Crippen LogP contribution in [0.3, 0.4) is 0 Å². The van der Waals surface area contributed by atoms with E-state index in [4.69, 9.17) is 10.2 Å². The Kier molecular flexibility index (Phi) is 12.2. The van der Waals surface area contributed by atoms with Gasteiger partial charge in [-0.15, -0.1) is 0 Å². The normalized spacial score (nSPS) is 8.55. The van der Waals surface area contributed by atoms with Crippen LogP contribution in [0, 0.1) is 0 Å². The second-order valence-electron chi connectivity index (χ2n) is 3.90. The van der Waals surface area contributed by atoms with Gasteiger partial charge in [0.1, 0.15) is 0 Å². The van der Waals surface area contributed by atoms with Gasteiger partial charge >= 0.3 is 0 Å². The van der Waals surface area contributed by atoms with E-state index in [9.17, 15) is 0 Å². The van der Waals surface area contributed by atoms with Crippen LogP contribution in [0.5, 0.6) is 0 Å². The molecule has 2 N–H and O–H groups in total. The van der Waals surface area contributed by atoms with Crippen molar-refractivity contribution < 1.29 is 10.2 Å². The molecule has 2 aromatic carbocycles. The first-order valence-electron chi connectivity index (χ1n) is 6.71. The minimum absolute atomic E-state index is 0.125. The van der Waals surface area contributed by atoms with Crippen molar-refractivity contribution in [1.29, 1.82) is 0 Å². The van der Waals surface area contributed by atoms with Crippen LogP contribution < -0.4 is 0 Å². The number of aryl methyl sites for hydroxylation is 1. The fourth-order valence-electron chi connectivity index (χ4n) is 1.30. The average Bonchev–Trinajstić information content (AvgIpc) is 2.57. The van der Waals surface area contributed by atoms with Crippen molar-refractivity contribution in [3.05, 3.63) is 78.4 Å².